The highest BCUT2D eigenvalue weighted by molar-refractivity contribution is 8.67. The highest BCUT2D eigenvalue weighted by Crippen LogP contribution is 2.21. The van der Waals surface area contributed by atoms with Gasteiger partial charge in [-0.05, 0) is 0 Å². The molecule has 1 rings (SSSR count). The van der Waals surface area contributed by atoms with Crippen LogP contribution in [0.1, 0.15) is 0 Å². The van der Waals surface area contributed by atoms with Crippen LogP contribution in [0.15, 0.2) is 5.10 Å². The molecule has 2 nitrogen and oxygen atoms in total. The van der Waals surface area contributed by atoms with Gasteiger partial charge in [-0.3, -0.25) is 0 Å². The second-order valence-corrected chi connectivity index (χ2v) is 2.83. The summed E-state index contributed by atoms with van der Waals surface area (Å²) in [7, 11) is 1.34. The van der Waals surface area contributed by atoms with Crippen molar-refractivity contribution in [2.45, 2.75) is 0 Å². The van der Waals surface area contributed by atoms with E-state index in [1.807, 2.05) is 5.55 Å². The molecule has 1 heterocycles. The first-order valence-corrected chi connectivity index (χ1v) is 4.54. The van der Waals surface area contributed by atoms with Crippen LogP contribution in [0, 0.1) is 0 Å². The van der Waals surface area contributed by atoms with Crippen LogP contribution in [0.5, 0.6) is 0 Å². The lowest BCUT2D eigenvalue weighted by atomic mass is 11.5. The monoisotopic (exact) mass is 152 g/mol. The summed E-state index contributed by atoms with van der Waals surface area (Å²) in [6.45, 7) is 0. The molecule has 0 aromatic rings. The Morgan fingerprint density at radius 3 is 3.14 bits per heavy atom. The van der Waals surface area contributed by atoms with Crippen LogP contribution in [0.25, 0.3) is 0 Å². The van der Waals surface area contributed by atoms with Gasteiger partial charge in [0.2, 0.25) is 0 Å². The molecule has 7 heavy (non-hydrogen) atoms. The van der Waals surface area contributed by atoms with Crippen LogP contribution in [0.4, 0.5) is 0 Å². The van der Waals surface area contributed by atoms with Crippen LogP contribution in [0.2, 0.25) is 0 Å². The van der Waals surface area contributed by atoms with Crippen molar-refractivity contribution in [3.63, 3.8) is 0 Å². The average molecular weight is 152 g/mol. The lowest BCUT2D eigenvalue weighted by Gasteiger charge is -2.03. The summed E-state index contributed by atoms with van der Waals surface area (Å²) in [5, 5.41) is 3.91. The minimum atomic E-state index is 0.925. The quantitative estimate of drug-likeness (QED) is 0.348. The number of rotatable bonds is 1. The molecule has 0 fully saturated rings. The number of thiol groups is 1. The van der Waals surface area contributed by atoms with Gasteiger partial charge in [0.25, 0.3) is 0 Å². The Labute approximate surface area is 55.7 Å². The maximum atomic E-state index is 3.93. The molecule has 0 radical (unpaired) electrons. The van der Waals surface area contributed by atoms with E-state index in [0.29, 0.717) is 0 Å². The van der Waals surface area contributed by atoms with Crippen LogP contribution >= 0.6 is 34.4 Å². The van der Waals surface area contributed by atoms with Gasteiger partial charge >= 0.3 is 0 Å². The molecule has 0 bridgehead atoms. The fraction of sp³-hybridized carbons (Fsp3) is 0.500. The van der Waals surface area contributed by atoms with Gasteiger partial charge in [0.05, 0.1) is 5.55 Å². The second-order valence-electron chi connectivity index (χ2n) is 0.950. The average Bonchev–Trinajstić information content (AvgIpc) is 2.14. The molecular weight excluding hydrogens is 148 g/mol. The topological polar surface area (TPSA) is 15.6 Å². The summed E-state index contributed by atoms with van der Waals surface area (Å²) in [5.41, 5.74) is 1.81. The van der Waals surface area contributed by atoms with E-state index in [1.54, 1.807) is 16.2 Å². The Bertz CT molecular complexity index is 83.0. The largest absolute Gasteiger partial charge is 0.218 e. The SMILES string of the molecule is SSN1CSC=N1. The third kappa shape index (κ3) is 1.47. The zero-order valence-corrected chi connectivity index (χ0v) is 5.97. The summed E-state index contributed by atoms with van der Waals surface area (Å²) in [5.74, 6) is 0.925. The van der Waals surface area contributed by atoms with E-state index in [0.717, 1.165) is 5.88 Å². The Hall–Kier alpha value is 0.520. The molecule has 1 aliphatic rings. The van der Waals surface area contributed by atoms with Gasteiger partial charge in [0, 0.05) is 11.0 Å². The summed E-state index contributed by atoms with van der Waals surface area (Å²) in [6.07, 6.45) is 0. The summed E-state index contributed by atoms with van der Waals surface area (Å²) in [6, 6.07) is 0. The smallest absolute Gasteiger partial charge is 0.100 e. The molecule has 0 aliphatic carbocycles. The molecule has 0 amide bonds. The third-order valence-corrected chi connectivity index (χ3v) is 2.31. The van der Waals surface area contributed by atoms with Crippen molar-refractivity contribution in [3.05, 3.63) is 0 Å². The summed E-state index contributed by atoms with van der Waals surface area (Å²) in [4.78, 5) is 0. The lowest BCUT2D eigenvalue weighted by Crippen LogP contribution is -1.96. The molecule has 0 N–H and O–H groups in total. The van der Waals surface area contributed by atoms with Gasteiger partial charge < -0.3 is 0 Å². The molecule has 40 valence electrons. The van der Waals surface area contributed by atoms with Gasteiger partial charge in [-0.25, -0.2) is 4.41 Å². The first-order valence-electron chi connectivity index (χ1n) is 1.66. The highest BCUT2D eigenvalue weighted by atomic mass is 33.1. The van der Waals surface area contributed by atoms with E-state index in [2.05, 4.69) is 16.8 Å². The predicted octanol–water partition coefficient (Wildman–Crippen LogP) is 1.43. The standard InChI is InChI=1S/C2H4N2S3/c5-7-4-2-6-1-3-4/h1,5H,2H2. The molecule has 0 aromatic heterocycles. The second kappa shape index (κ2) is 2.74. The van der Waals surface area contributed by atoms with E-state index in [1.165, 1.54) is 11.0 Å². The maximum Gasteiger partial charge on any atom is 0.100 e. The fourth-order valence-electron chi connectivity index (χ4n) is 0.261. The highest BCUT2D eigenvalue weighted by Gasteiger charge is 2.01. The molecule has 0 spiro atoms. The van der Waals surface area contributed by atoms with Crippen molar-refractivity contribution >= 4 is 39.9 Å². The molecule has 0 atom stereocenters. The normalized spacial score (nSPS) is 18.7. The summed E-state index contributed by atoms with van der Waals surface area (Å²) >= 11 is 5.60. The summed E-state index contributed by atoms with van der Waals surface area (Å²) < 4.78 is 1.80. The van der Waals surface area contributed by atoms with Crippen molar-refractivity contribution in [1.29, 1.82) is 0 Å². The van der Waals surface area contributed by atoms with E-state index < -0.39 is 0 Å². The molecule has 0 saturated heterocycles. The van der Waals surface area contributed by atoms with E-state index >= 15 is 0 Å². The number of hydrazone groups is 1. The molecule has 0 aromatic carbocycles. The van der Waals surface area contributed by atoms with E-state index in [9.17, 15) is 0 Å². The Balaban J connectivity index is 2.28. The van der Waals surface area contributed by atoms with Gasteiger partial charge in [-0.2, -0.15) is 5.10 Å². The number of hydrogen-bond acceptors (Lipinski definition) is 5. The van der Waals surface area contributed by atoms with Gasteiger partial charge in [-0.15, -0.1) is 0 Å². The predicted molar refractivity (Wildman–Crippen MR) is 39.4 cm³/mol. The first-order chi connectivity index (χ1) is 3.43. The minimum absolute atomic E-state index is 0.925. The zero-order chi connectivity index (χ0) is 5.11. The third-order valence-electron chi connectivity index (χ3n) is 0.530. The lowest BCUT2D eigenvalue weighted by molar-refractivity contribution is 0.615. The van der Waals surface area contributed by atoms with Gasteiger partial charge in [0.1, 0.15) is 5.88 Å². The molecule has 0 unspecified atom stereocenters. The number of hydrogen-bond donors (Lipinski definition) is 1. The van der Waals surface area contributed by atoms with Crippen molar-refractivity contribution in [3.8, 4) is 0 Å². The zero-order valence-electron chi connectivity index (χ0n) is 3.44. The van der Waals surface area contributed by atoms with Gasteiger partial charge in [-0.1, -0.05) is 23.4 Å². The molecule has 0 saturated carbocycles. The molecular formula is C2H4N2S3. The van der Waals surface area contributed by atoms with Crippen molar-refractivity contribution in [2.24, 2.45) is 5.10 Å². The molecule has 5 heteroatoms. The van der Waals surface area contributed by atoms with Crippen LogP contribution < -0.4 is 0 Å². The fourth-order valence-corrected chi connectivity index (χ4v) is 1.77. The van der Waals surface area contributed by atoms with Crippen LogP contribution in [0.3, 0.4) is 0 Å². The Kier molecular flexibility index (Phi) is 2.21. The van der Waals surface area contributed by atoms with Crippen molar-refractivity contribution in [1.82, 2.24) is 4.41 Å². The molecule has 1 aliphatic heterocycles. The maximum absolute atomic E-state index is 3.93. The Morgan fingerprint density at radius 1 is 2.00 bits per heavy atom. The van der Waals surface area contributed by atoms with Crippen LogP contribution in [-0.4, -0.2) is 15.8 Å². The first kappa shape index (κ1) is 5.65. The van der Waals surface area contributed by atoms with E-state index in [-0.39, 0.29) is 0 Å². The Morgan fingerprint density at radius 2 is 2.86 bits per heavy atom. The number of thioether (sulfide) groups is 1. The van der Waals surface area contributed by atoms with Crippen LogP contribution in [-0.2, 0) is 0 Å². The van der Waals surface area contributed by atoms with Crippen molar-refractivity contribution < 1.29 is 0 Å². The number of nitrogens with zero attached hydrogens (tertiary/aromatic N) is 2. The minimum Gasteiger partial charge on any atom is -0.218 e. The van der Waals surface area contributed by atoms with Crippen molar-refractivity contribution in [2.75, 3.05) is 5.88 Å². The van der Waals surface area contributed by atoms with Gasteiger partial charge in [0.15, 0.2) is 0 Å². The van der Waals surface area contributed by atoms with E-state index in [4.69, 9.17) is 0 Å².